The average Bonchev–Trinajstić information content (AvgIpc) is 3.13. The molecule has 0 saturated heterocycles. The first-order valence-electron chi connectivity index (χ1n) is 6.88. The average molecular weight is 323 g/mol. The zero-order valence-electron chi connectivity index (χ0n) is 11.7. The number of hydrogen-bond acceptors (Lipinski definition) is 5. The van der Waals surface area contributed by atoms with Crippen molar-refractivity contribution in [2.45, 2.75) is 31.2 Å². The number of fused-ring (bicyclic) bond motifs is 1. The number of aromatic nitrogens is 1. The lowest BCUT2D eigenvalue weighted by molar-refractivity contribution is 0.581. The third-order valence-electron chi connectivity index (χ3n) is 3.46. The zero-order chi connectivity index (χ0) is 14.9. The van der Waals surface area contributed by atoms with Gasteiger partial charge >= 0.3 is 0 Å². The molecule has 112 valence electrons. The SMILES string of the molecule is CCc1cnc(CNS(=O)(=O)c2ccc3c(c2)NCC3)s1. The summed E-state index contributed by atoms with van der Waals surface area (Å²) in [6.45, 7) is 3.15. The van der Waals surface area contributed by atoms with Gasteiger partial charge in [0, 0.05) is 23.3 Å². The van der Waals surface area contributed by atoms with E-state index in [2.05, 4.69) is 21.9 Å². The Balaban J connectivity index is 1.74. The molecule has 2 heterocycles. The quantitative estimate of drug-likeness (QED) is 0.884. The van der Waals surface area contributed by atoms with Crippen LogP contribution in [0.15, 0.2) is 29.3 Å². The van der Waals surface area contributed by atoms with Gasteiger partial charge in [-0.25, -0.2) is 18.1 Å². The van der Waals surface area contributed by atoms with E-state index in [-0.39, 0.29) is 6.54 Å². The van der Waals surface area contributed by atoms with E-state index >= 15 is 0 Å². The molecule has 1 aliphatic rings. The Labute approximate surface area is 128 Å². The van der Waals surface area contributed by atoms with Crippen LogP contribution in [-0.2, 0) is 29.4 Å². The molecular formula is C14H17N3O2S2. The van der Waals surface area contributed by atoms with Gasteiger partial charge < -0.3 is 5.32 Å². The smallest absolute Gasteiger partial charge is 0.241 e. The number of nitrogens with one attached hydrogen (secondary N) is 2. The number of nitrogens with zero attached hydrogens (tertiary/aromatic N) is 1. The number of hydrogen-bond donors (Lipinski definition) is 2. The van der Waals surface area contributed by atoms with Gasteiger partial charge in [0.05, 0.1) is 11.4 Å². The summed E-state index contributed by atoms with van der Waals surface area (Å²) >= 11 is 1.54. The van der Waals surface area contributed by atoms with Crippen LogP contribution < -0.4 is 10.0 Å². The molecule has 3 rings (SSSR count). The predicted octanol–water partition coefficient (Wildman–Crippen LogP) is 2.15. The second-order valence-electron chi connectivity index (χ2n) is 4.89. The third-order valence-corrected chi connectivity index (χ3v) is 6.01. The van der Waals surface area contributed by atoms with E-state index in [1.165, 1.54) is 16.9 Å². The van der Waals surface area contributed by atoms with Crippen LogP contribution in [0.25, 0.3) is 0 Å². The van der Waals surface area contributed by atoms with Gasteiger partial charge in [-0.05, 0) is 30.5 Å². The number of thiazole rings is 1. The maximum absolute atomic E-state index is 12.3. The Morgan fingerprint density at radius 3 is 3.05 bits per heavy atom. The maximum atomic E-state index is 12.3. The molecule has 1 aromatic carbocycles. The summed E-state index contributed by atoms with van der Waals surface area (Å²) in [6, 6.07) is 5.24. The molecule has 0 atom stereocenters. The first kappa shape index (κ1) is 14.5. The molecule has 0 spiro atoms. The van der Waals surface area contributed by atoms with E-state index < -0.39 is 10.0 Å². The monoisotopic (exact) mass is 323 g/mol. The van der Waals surface area contributed by atoms with Crippen molar-refractivity contribution in [3.05, 3.63) is 39.8 Å². The normalized spacial score (nSPS) is 14.0. The fraction of sp³-hybridized carbons (Fsp3) is 0.357. The lowest BCUT2D eigenvalue weighted by Crippen LogP contribution is -2.23. The predicted molar refractivity (Wildman–Crippen MR) is 84.2 cm³/mol. The number of benzene rings is 1. The van der Waals surface area contributed by atoms with Gasteiger partial charge in [0.2, 0.25) is 10.0 Å². The summed E-state index contributed by atoms with van der Waals surface area (Å²) in [7, 11) is -3.50. The minimum Gasteiger partial charge on any atom is -0.384 e. The van der Waals surface area contributed by atoms with Crippen LogP contribution in [0, 0.1) is 0 Å². The van der Waals surface area contributed by atoms with E-state index in [0.717, 1.165) is 35.0 Å². The summed E-state index contributed by atoms with van der Waals surface area (Å²) in [5.41, 5.74) is 2.09. The van der Waals surface area contributed by atoms with Crippen LogP contribution >= 0.6 is 11.3 Å². The van der Waals surface area contributed by atoms with E-state index in [0.29, 0.717) is 4.90 Å². The summed E-state index contributed by atoms with van der Waals surface area (Å²) in [4.78, 5) is 5.67. The molecule has 0 fully saturated rings. The number of anilines is 1. The Hall–Kier alpha value is -1.44. The van der Waals surface area contributed by atoms with Crippen molar-refractivity contribution in [3.8, 4) is 0 Å². The second kappa shape index (κ2) is 5.75. The van der Waals surface area contributed by atoms with E-state index in [1.807, 2.05) is 6.07 Å². The highest BCUT2D eigenvalue weighted by Crippen LogP contribution is 2.25. The van der Waals surface area contributed by atoms with Gasteiger partial charge in [-0.1, -0.05) is 13.0 Å². The first-order chi connectivity index (χ1) is 10.1. The first-order valence-corrected chi connectivity index (χ1v) is 9.18. The summed E-state index contributed by atoms with van der Waals surface area (Å²) in [5.74, 6) is 0. The van der Waals surface area contributed by atoms with Crippen molar-refractivity contribution >= 4 is 27.0 Å². The third kappa shape index (κ3) is 3.09. The molecule has 7 heteroatoms. The molecule has 0 aliphatic carbocycles. The largest absolute Gasteiger partial charge is 0.384 e. The fourth-order valence-corrected chi connectivity index (χ4v) is 4.18. The second-order valence-corrected chi connectivity index (χ2v) is 7.86. The highest BCUT2D eigenvalue weighted by atomic mass is 32.2. The van der Waals surface area contributed by atoms with Gasteiger partial charge in [-0.2, -0.15) is 0 Å². The van der Waals surface area contributed by atoms with Crippen LogP contribution in [0.3, 0.4) is 0 Å². The van der Waals surface area contributed by atoms with Crippen LogP contribution in [0.1, 0.15) is 22.4 Å². The molecule has 0 amide bonds. The van der Waals surface area contributed by atoms with Crippen LogP contribution in [0.4, 0.5) is 5.69 Å². The van der Waals surface area contributed by atoms with Crippen molar-refractivity contribution < 1.29 is 8.42 Å². The van der Waals surface area contributed by atoms with Gasteiger partial charge in [0.25, 0.3) is 0 Å². The van der Waals surface area contributed by atoms with Crippen molar-refractivity contribution in [2.75, 3.05) is 11.9 Å². The molecular weight excluding hydrogens is 306 g/mol. The van der Waals surface area contributed by atoms with E-state index in [1.54, 1.807) is 18.3 Å². The minimum absolute atomic E-state index is 0.234. The molecule has 2 N–H and O–H groups in total. The highest BCUT2D eigenvalue weighted by molar-refractivity contribution is 7.89. The lowest BCUT2D eigenvalue weighted by atomic mass is 10.2. The summed E-state index contributed by atoms with van der Waals surface area (Å²) in [5, 5.41) is 3.98. The van der Waals surface area contributed by atoms with Crippen molar-refractivity contribution in [1.82, 2.24) is 9.71 Å². The topological polar surface area (TPSA) is 71.1 Å². The molecule has 21 heavy (non-hydrogen) atoms. The molecule has 2 aromatic rings. The van der Waals surface area contributed by atoms with E-state index in [9.17, 15) is 8.42 Å². The Kier molecular flexibility index (Phi) is 3.97. The summed E-state index contributed by atoms with van der Waals surface area (Å²) < 4.78 is 27.3. The maximum Gasteiger partial charge on any atom is 0.241 e. The molecule has 0 unspecified atom stereocenters. The minimum atomic E-state index is -3.50. The standard InChI is InChI=1S/C14H17N3O2S2/c1-2-11-8-16-14(20-11)9-17-21(18,19)12-4-3-10-5-6-15-13(10)7-12/h3-4,7-8,15,17H,2,5-6,9H2,1H3. The van der Waals surface area contributed by atoms with Gasteiger partial charge in [0.1, 0.15) is 5.01 Å². The zero-order valence-corrected chi connectivity index (χ0v) is 13.4. The van der Waals surface area contributed by atoms with Gasteiger partial charge in [-0.3, -0.25) is 0 Å². The molecule has 0 radical (unpaired) electrons. The summed E-state index contributed by atoms with van der Waals surface area (Å²) in [6.07, 6.45) is 3.66. The van der Waals surface area contributed by atoms with Crippen molar-refractivity contribution in [3.63, 3.8) is 0 Å². The molecule has 1 aromatic heterocycles. The Bertz CT molecular complexity index is 753. The molecule has 0 saturated carbocycles. The highest BCUT2D eigenvalue weighted by Gasteiger charge is 2.18. The Morgan fingerprint density at radius 2 is 2.29 bits per heavy atom. The molecule has 0 bridgehead atoms. The van der Waals surface area contributed by atoms with Gasteiger partial charge in [-0.15, -0.1) is 11.3 Å². The van der Waals surface area contributed by atoms with Crippen LogP contribution in [-0.4, -0.2) is 19.9 Å². The van der Waals surface area contributed by atoms with Crippen molar-refractivity contribution in [1.29, 1.82) is 0 Å². The number of sulfonamides is 1. The number of rotatable bonds is 5. The molecule has 1 aliphatic heterocycles. The van der Waals surface area contributed by atoms with E-state index in [4.69, 9.17) is 0 Å². The fourth-order valence-electron chi connectivity index (χ4n) is 2.27. The lowest BCUT2D eigenvalue weighted by Gasteiger charge is -2.07. The Morgan fingerprint density at radius 1 is 1.43 bits per heavy atom. The number of aryl methyl sites for hydroxylation is 1. The molecule has 5 nitrogen and oxygen atoms in total. The van der Waals surface area contributed by atoms with Crippen LogP contribution in [0.2, 0.25) is 0 Å². The van der Waals surface area contributed by atoms with Crippen molar-refractivity contribution in [2.24, 2.45) is 0 Å². The van der Waals surface area contributed by atoms with Gasteiger partial charge in [0.15, 0.2) is 0 Å². The van der Waals surface area contributed by atoms with Crippen LogP contribution in [0.5, 0.6) is 0 Å².